The molecule has 2 aromatic carbocycles. The molecular weight excluding hydrogens is 358 g/mol. The van der Waals surface area contributed by atoms with Crippen molar-refractivity contribution in [2.75, 3.05) is 10.2 Å². The average Bonchev–Trinajstić information content (AvgIpc) is 2.88. The molecule has 1 atom stereocenters. The minimum absolute atomic E-state index is 0.00679. The van der Waals surface area contributed by atoms with E-state index in [9.17, 15) is 9.59 Å². The number of nitrogens with one attached hydrogen (secondary N) is 1. The van der Waals surface area contributed by atoms with Gasteiger partial charge in [0.15, 0.2) is 5.11 Å². The van der Waals surface area contributed by atoms with E-state index in [0.717, 1.165) is 16.9 Å². The van der Waals surface area contributed by atoms with E-state index >= 15 is 0 Å². The number of carbonyl (C=O) groups is 2. The summed E-state index contributed by atoms with van der Waals surface area (Å²) in [6.45, 7) is 5.93. The zero-order valence-corrected chi connectivity index (χ0v) is 16.5. The number of hydrogen-bond acceptors (Lipinski definition) is 3. The first kappa shape index (κ1) is 19.0. The molecule has 1 aliphatic heterocycles. The number of anilines is 2. The van der Waals surface area contributed by atoms with E-state index in [1.54, 1.807) is 0 Å². The lowest BCUT2D eigenvalue weighted by atomic mass is 10.1. The predicted molar refractivity (Wildman–Crippen MR) is 112 cm³/mol. The van der Waals surface area contributed by atoms with Crippen molar-refractivity contribution in [1.29, 1.82) is 0 Å². The van der Waals surface area contributed by atoms with Gasteiger partial charge in [0.25, 0.3) is 5.91 Å². The van der Waals surface area contributed by atoms with Gasteiger partial charge >= 0.3 is 0 Å². The molecule has 1 fully saturated rings. The van der Waals surface area contributed by atoms with E-state index in [1.165, 1.54) is 4.90 Å². The van der Waals surface area contributed by atoms with Crippen LogP contribution in [0.1, 0.15) is 25.8 Å². The Hall–Kier alpha value is -2.73. The molecule has 1 heterocycles. The number of carbonyl (C=O) groups excluding carboxylic acids is 2. The lowest BCUT2D eigenvalue weighted by molar-refractivity contribution is -0.124. The summed E-state index contributed by atoms with van der Waals surface area (Å²) in [6, 6.07) is 16.3. The maximum atomic E-state index is 13.1. The third-order valence-electron chi connectivity index (χ3n) is 4.54. The summed E-state index contributed by atoms with van der Waals surface area (Å²) in [5, 5.41) is 3.31. The predicted octanol–water partition coefficient (Wildman–Crippen LogP) is 3.73. The molecule has 5 nitrogen and oxygen atoms in total. The second-order valence-electron chi connectivity index (χ2n) is 6.93. The van der Waals surface area contributed by atoms with Crippen LogP contribution in [0, 0.1) is 6.92 Å². The molecule has 2 amide bonds. The summed E-state index contributed by atoms with van der Waals surface area (Å²) in [5.74, 6) is -0.375. The van der Waals surface area contributed by atoms with E-state index in [1.807, 2.05) is 80.3 Å². The zero-order valence-electron chi connectivity index (χ0n) is 15.7. The second kappa shape index (κ2) is 7.88. The molecule has 6 heteroatoms. The van der Waals surface area contributed by atoms with Gasteiger partial charge in [0, 0.05) is 11.7 Å². The number of benzene rings is 2. The lowest BCUT2D eigenvalue weighted by Crippen LogP contribution is -2.42. The van der Waals surface area contributed by atoms with Gasteiger partial charge in [-0.1, -0.05) is 35.9 Å². The summed E-state index contributed by atoms with van der Waals surface area (Å²) in [6.07, 6.45) is 0.0500. The van der Waals surface area contributed by atoms with Crippen LogP contribution in [0.4, 0.5) is 11.4 Å². The minimum Gasteiger partial charge on any atom is -0.333 e. The molecule has 0 aliphatic carbocycles. The molecular formula is C21H23N3O2S. The third kappa shape index (κ3) is 4.01. The fraction of sp³-hybridized carbons (Fsp3) is 0.286. The second-order valence-corrected chi connectivity index (χ2v) is 7.29. The van der Waals surface area contributed by atoms with Gasteiger partial charge in [-0.3, -0.25) is 14.5 Å². The number of hydrogen-bond donors (Lipinski definition) is 1. The van der Waals surface area contributed by atoms with Crippen LogP contribution in [0.3, 0.4) is 0 Å². The number of rotatable bonds is 5. The van der Waals surface area contributed by atoms with E-state index in [0.29, 0.717) is 5.11 Å². The fourth-order valence-corrected chi connectivity index (χ4v) is 3.75. The van der Waals surface area contributed by atoms with E-state index in [2.05, 4.69) is 5.32 Å². The molecule has 0 radical (unpaired) electrons. The Morgan fingerprint density at radius 1 is 1.11 bits per heavy atom. The molecule has 1 unspecified atom stereocenters. The quantitative estimate of drug-likeness (QED) is 0.802. The van der Waals surface area contributed by atoms with Crippen molar-refractivity contribution < 1.29 is 9.59 Å². The maximum absolute atomic E-state index is 13.1. The molecule has 1 N–H and O–H groups in total. The normalized spacial score (nSPS) is 17.0. The van der Waals surface area contributed by atoms with Crippen molar-refractivity contribution in [1.82, 2.24) is 4.90 Å². The number of thiocarbonyl (C=S) groups is 1. The van der Waals surface area contributed by atoms with Crippen LogP contribution < -0.4 is 10.2 Å². The molecule has 0 aromatic heterocycles. The van der Waals surface area contributed by atoms with Crippen LogP contribution in [0.25, 0.3) is 0 Å². The number of nitrogens with zero attached hydrogens (tertiary/aromatic N) is 2. The van der Waals surface area contributed by atoms with Crippen molar-refractivity contribution in [3.8, 4) is 0 Å². The third-order valence-corrected chi connectivity index (χ3v) is 4.93. The average molecular weight is 382 g/mol. The summed E-state index contributed by atoms with van der Waals surface area (Å²) in [4.78, 5) is 29.0. The molecule has 2 aromatic rings. The van der Waals surface area contributed by atoms with Crippen LogP contribution in [0.15, 0.2) is 54.6 Å². The van der Waals surface area contributed by atoms with Gasteiger partial charge in [-0.2, -0.15) is 0 Å². The van der Waals surface area contributed by atoms with Gasteiger partial charge in [0.2, 0.25) is 5.91 Å². The minimum atomic E-state index is -0.608. The van der Waals surface area contributed by atoms with Crippen molar-refractivity contribution in [2.24, 2.45) is 0 Å². The molecule has 140 valence electrons. The molecule has 1 aliphatic rings. The van der Waals surface area contributed by atoms with Crippen LogP contribution in [0.2, 0.25) is 0 Å². The Morgan fingerprint density at radius 3 is 2.33 bits per heavy atom. The van der Waals surface area contributed by atoms with Crippen molar-refractivity contribution in [3.05, 3.63) is 60.2 Å². The van der Waals surface area contributed by atoms with Crippen molar-refractivity contribution >= 4 is 40.5 Å². The van der Waals surface area contributed by atoms with E-state index in [-0.39, 0.29) is 24.3 Å². The Bertz CT molecular complexity index is 849. The Kier molecular flexibility index (Phi) is 5.56. The molecule has 0 spiro atoms. The summed E-state index contributed by atoms with van der Waals surface area (Å²) >= 11 is 5.57. The molecule has 0 saturated carbocycles. The van der Waals surface area contributed by atoms with E-state index in [4.69, 9.17) is 12.2 Å². The molecule has 0 bridgehead atoms. The van der Waals surface area contributed by atoms with Crippen LogP contribution in [-0.4, -0.2) is 33.9 Å². The highest BCUT2D eigenvalue weighted by molar-refractivity contribution is 7.80. The fourth-order valence-electron chi connectivity index (χ4n) is 3.22. The van der Waals surface area contributed by atoms with Gasteiger partial charge in [0.05, 0.1) is 12.1 Å². The summed E-state index contributed by atoms with van der Waals surface area (Å²) in [7, 11) is 0. The maximum Gasteiger partial charge on any atom is 0.256 e. The standard InChI is InChI=1S/C21H23N3O2S/c1-14(2)23-18(13-19(25)22-16-11-9-15(3)10-12-16)20(26)24(21(23)27)17-7-5-4-6-8-17/h4-12,14,18H,13H2,1-3H3,(H,22,25). The van der Waals surface area contributed by atoms with Gasteiger partial charge < -0.3 is 10.2 Å². The Labute approximate surface area is 165 Å². The first-order valence-corrected chi connectivity index (χ1v) is 9.37. The zero-order chi connectivity index (χ0) is 19.6. The molecule has 27 heavy (non-hydrogen) atoms. The largest absolute Gasteiger partial charge is 0.333 e. The first-order chi connectivity index (χ1) is 12.9. The SMILES string of the molecule is Cc1ccc(NC(=O)CC2C(=O)N(c3ccccc3)C(=S)N2C(C)C)cc1. The van der Waals surface area contributed by atoms with Gasteiger partial charge in [0.1, 0.15) is 6.04 Å². The lowest BCUT2D eigenvalue weighted by Gasteiger charge is -2.27. The van der Waals surface area contributed by atoms with Crippen molar-refractivity contribution in [2.45, 2.75) is 39.3 Å². The van der Waals surface area contributed by atoms with Gasteiger partial charge in [-0.15, -0.1) is 0 Å². The first-order valence-electron chi connectivity index (χ1n) is 8.96. The van der Waals surface area contributed by atoms with Gasteiger partial charge in [-0.25, -0.2) is 0 Å². The Morgan fingerprint density at radius 2 is 1.74 bits per heavy atom. The van der Waals surface area contributed by atoms with Crippen LogP contribution in [-0.2, 0) is 9.59 Å². The number of para-hydroxylation sites is 1. The highest BCUT2D eigenvalue weighted by Gasteiger charge is 2.45. The van der Waals surface area contributed by atoms with Crippen LogP contribution >= 0.6 is 12.2 Å². The number of aryl methyl sites for hydroxylation is 1. The summed E-state index contributed by atoms with van der Waals surface area (Å²) in [5.41, 5.74) is 2.56. The summed E-state index contributed by atoms with van der Waals surface area (Å²) < 4.78 is 0. The highest BCUT2D eigenvalue weighted by atomic mass is 32.1. The monoisotopic (exact) mass is 381 g/mol. The van der Waals surface area contributed by atoms with Gasteiger partial charge in [-0.05, 0) is 57.3 Å². The number of amides is 2. The van der Waals surface area contributed by atoms with Crippen LogP contribution in [0.5, 0.6) is 0 Å². The van der Waals surface area contributed by atoms with E-state index < -0.39 is 6.04 Å². The Balaban J connectivity index is 1.80. The van der Waals surface area contributed by atoms with Crippen molar-refractivity contribution in [3.63, 3.8) is 0 Å². The highest BCUT2D eigenvalue weighted by Crippen LogP contribution is 2.28. The molecule has 3 rings (SSSR count). The molecule has 1 saturated heterocycles. The smallest absolute Gasteiger partial charge is 0.256 e. The topological polar surface area (TPSA) is 52.7 Å².